The van der Waals surface area contributed by atoms with Crippen molar-refractivity contribution in [1.29, 1.82) is 0 Å². The van der Waals surface area contributed by atoms with Gasteiger partial charge in [0.05, 0.1) is 11.1 Å². The Labute approximate surface area is 414 Å². The molecule has 0 aromatic heterocycles. The molecule has 0 amide bonds. The fraction of sp³-hybridized carbons (Fsp3) is 0.130. The van der Waals surface area contributed by atoms with Crippen molar-refractivity contribution in [2.45, 2.75) is 57.8 Å². The molecule has 70 heavy (non-hydrogen) atoms. The lowest BCUT2D eigenvalue weighted by Gasteiger charge is -2.36. The van der Waals surface area contributed by atoms with E-state index < -0.39 is 5.41 Å². The van der Waals surface area contributed by atoms with Crippen LogP contribution < -0.4 is 4.90 Å². The van der Waals surface area contributed by atoms with Crippen LogP contribution in [0.3, 0.4) is 0 Å². The van der Waals surface area contributed by atoms with Gasteiger partial charge in [0, 0.05) is 27.8 Å². The fourth-order valence-electron chi connectivity index (χ4n) is 12.4. The summed E-state index contributed by atoms with van der Waals surface area (Å²) in [4.78, 5) is 2.56. The van der Waals surface area contributed by atoms with E-state index in [1.807, 2.05) is 0 Å². The van der Waals surface area contributed by atoms with E-state index in [2.05, 4.69) is 283 Å². The first-order valence-electron chi connectivity index (χ1n) is 24.9. The number of benzene rings is 9. The second-order valence-electron chi connectivity index (χ2n) is 20.4. The van der Waals surface area contributed by atoms with Crippen LogP contribution in [0.1, 0.15) is 80.5 Å². The van der Waals surface area contributed by atoms with Crippen LogP contribution in [0, 0.1) is 0 Å². The van der Waals surface area contributed by atoms with E-state index in [0.717, 1.165) is 17.1 Å². The predicted octanol–water partition coefficient (Wildman–Crippen LogP) is 18.5. The molecule has 1 nitrogen and oxygen atoms in total. The van der Waals surface area contributed by atoms with Gasteiger partial charge in [-0.2, -0.15) is 0 Å². The lowest BCUT2D eigenvalue weighted by molar-refractivity contribution is 0.660. The number of nitrogens with zero attached hydrogens (tertiary/aromatic N) is 1. The molecule has 0 fully saturated rings. The van der Waals surface area contributed by atoms with Gasteiger partial charge in [-0.15, -0.1) is 0 Å². The molecule has 0 radical (unpaired) electrons. The Bertz CT molecular complexity index is 3600. The highest BCUT2D eigenvalue weighted by Gasteiger charge is 2.47. The summed E-state index contributed by atoms with van der Waals surface area (Å²) >= 11 is 0. The molecule has 12 rings (SSSR count). The summed E-state index contributed by atoms with van der Waals surface area (Å²) in [6.45, 7) is 13.9. The summed E-state index contributed by atoms with van der Waals surface area (Å²) in [5.41, 5.74) is 25.6. The molecule has 0 N–H and O–H groups in total. The van der Waals surface area contributed by atoms with E-state index in [0.29, 0.717) is 0 Å². The van der Waals surface area contributed by atoms with Crippen LogP contribution in [0.2, 0.25) is 0 Å². The van der Waals surface area contributed by atoms with Gasteiger partial charge in [-0.1, -0.05) is 227 Å². The maximum atomic E-state index is 2.57. The Balaban J connectivity index is 1.18. The van der Waals surface area contributed by atoms with Crippen LogP contribution >= 0.6 is 0 Å². The normalized spacial score (nSPS) is 16.7. The lowest BCUT2D eigenvalue weighted by atomic mass is 9.67. The zero-order valence-electron chi connectivity index (χ0n) is 41.0. The van der Waals surface area contributed by atoms with Crippen molar-refractivity contribution in [2.75, 3.05) is 4.90 Å². The second kappa shape index (κ2) is 16.6. The standard InChI is InChI=1S/C69H57N/c1-7-8-9-12-23-46(2)69(50-26-15-11-16-27-50)62-33-22-19-30-55(62)59-44-58(49-36-40-56-53-28-17-20-31-60(53)67(3,4)63(56)42-49)66(45-65(59)69)70(51-37-34-48(35-38-51)47-24-13-10-14-25-47)52-39-41-57-54-29-18-21-32-61(54)68(5,6)64(57)43-52/h7-45H,1-6H3/b8-7-,12-9-,46-23+. The van der Waals surface area contributed by atoms with E-state index in [1.54, 1.807) is 0 Å². The van der Waals surface area contributed by atoms with Crippen LogP contribution in [0.15, 0.2) is 242 Å². The van der Waals surface area contributed by atoms with Crippen LogP contribution in [-0.4, -0.2) is 0 Å². The zero-order chi connectivity index (χ0) is 47.8. The second-order valence-corrected chi connectivity index (χ2v) is 20.4. The van der Waals surface area contributed by atoms with Crippen molar-refractivity contribution in [1.82, 2.24) is 0 Å². The number of hydrogen-bond donors (Lipinski definition) is 0. The van der Waals surface area contributed by atoms with Crippen LogP contribution in [0.5, 0.6) is 0 Å². The number of rotatable bonds is 9. The Morgan fingerprint density at radius 3 is 1.51 bits per heavy atom. The molecular formula is C69H57N. The highest BCUT2D eigenvalue weighted by Crippen LogP contribution is 2.60. The lowest BCUT2D eigenvalue weighted by Crippen LogP contribution is -2.29. The van der Waals surface area contributed by atoms with Gasteiger partial charge in [-0.25, -0.2) is 0 Å². The van der Waals surface area contributed by atoms with Gasteiger partial charge in [0.15, 0.2) is 0 Å². The smallest absolute Gasteiger partial charge is 0.0674 e. The van der Waals surface area contributed by atoms with Gasteiger partial charge in [-0.05, 0) is 145 Å². The van der Waals surface area contributed by atoms with Gasteiger partial charge < -0.3 is 4.90 Å². The minimum atomic E-state index is -0.577. The number of fused-ring (bicyclic) bond motifs is 9. The van der Waals surface area contributed by atoms with Gasteiger partial charge in [0.1, 0.15) is 0 Å². The Morgan fingerprint density at radius 2 is 0.871 bits per heavy atom. The summed E-state index contributed by atoms with van der Waals surface area (Å²) in [5.74, 6) is 0. The number of anilines is 3. The highest BCUT2D eigenvalue weighted by atomic mass is 15.1. The van der Waals surface area contributed by atoms with Gasteiger partial charge in [0.25, 0.3) is 0 Å². The predicted molar refractivity (Wildman–Crippen MR) is 297 cm³/mol. The largest absolute Gasteiger partial charge is 0.310 e. The topological polar surface area (TPSA) is 3.24 Å². The minimum Gasteiger partial charge on any atom is -0.310 e. The van der Waals surface area contributed by atoms with E-state index in [9.17, 15) is 0 Å². The minimum absolute atomic E-state index is 0.163. The average Bonchev–Trinajstić information content (AvgIpc) is 3.92. The Hall–Kier alpha value is -8.00. The fourth-order valence-corrected chi connectivity index (χ4v) is 12.4. The number of allylic oxidation sites excluding steroid dienone is 6. The molecule has 0 saturated carbocycles. The third-order valence-corrected chi connectivity index (χ3v) is 15.9. The molecule has 3 aliphatic carbocycles. The van der Waals surface area contributed by atoms with Crippen LogP contribution in [0.25, 0.3) is 55.6 Å². The van der Waals surface area contributed by atoms with Gasteiger partial charge in [-0.3, -0.25) is 0 Å². The van der Waals surface area contributed by atoms with Crippen molar-refractivity contribution >= 4 is 17.1 Å². The molecule has 0 heterocycles. The molecular weight excluding hydrogens is 843 g/mol. The van der Waals surface area contributed by atoms with Crippen molar-refractivity contribution in [3.63, 3.8) is 0 Å². The maximum absolute atomic E-state index is 2.57. The molecule has 9 aromatic rings. The van der Waals surface area contributed by atoms with Crippen molar-refractivity contribution in [3.05, 3.63) is 281 Å². The summed E-state index contributed by atoms with van der Waals surface area (Å²) in [7, 11) is 0. The van der Waals surface area contributed by atoms with E-state index in [1.165, 1.54) is 100 Å². The molecule has 0 aliphatic heterocycles. The molecule has 338 valence electrons. The molecule has 1 atom stereocenters. The van der Waals surface area contributed by atoms with Crippen molar-refractivity contribution < 1.29 is 0 Å². The van der Waals surface area contributed by atoms with E-state index >= 15 is 0 Å². The number of hydrogen-bond acceptors (Lipinski definition) is 1. The maximum Gasteiger partial charge on any atom is 0.0674 e. The molecule has 3 aliphatic rings. The van der Waals surface area contributed by atoms with Crippen molar-refractivity contribution in [2.24, 2.45) is 0 Å². The average molecular weight is 900 g/mol. The van der Waals surface area contributed by atoms with Gasteiger partial charge in [0.2, 0.25) is 0 Å². The molecule has 1 unspecified atom stereocenters. The first kappa shape index (κ1) is 43.3. The Morgan fingerprint density at radius 1 is 0.371 bits per heavy atom. The summed E-state index contributed by atoms with van der Waals surface area (Å²) in [6, 6.07) is 77.8. The van der Waals surface area contributed by atoms with E-state index in [-0.39, 0.29) is 10.8 Å². The molecule has 0 spiro atoms. The molecule has 9 aromatic carbocycles. The van der Waals surface area contributed by atoms with Crippen LogP contribution in [0.4, 0.5) is 17.1 Å². The molecule has 0 bridgehead atoms. The van der Waals surface area contributed by atoms with Gasteiger partial charge >= 0.3 is 0 Å². The first-order chi connectivity index (χ1) is 34.1. The third kappa shape index (κ3) is 6.52. The zero-order valence-corrected chi connectivity index (χ0v) is 41.0. The molecule has 1 heteroatoms. The summed E-state index contributed by atoms with van der Waals surface area (Å²) < 4.78 is 0. The monoisotopic (exact) mass is 899 g/mol. The first-order valence-corrected chi connectivity index (χ1v) is 24.9. The van der Waals surface area contributed by atoms with Crippen LogP contribution in [-0.2, 0) is 16.2 Å². The SMILES string of the molecule is C\C=C/C=C\C=C(/C)C1(c2ccccc2)c2ccccc2-c2cc(-c3ccc4c(c3)C(C)(C)c3ccccc3-4)c(N(c3ccc(-c4ccccc4)cc3)c3ccc4c(c3)C(C)(C)c3ccccc3-4)cc21. The Kier molecular flexibility index (Phi) is 10.3. The quantitative estimate of drug-likeness (QED) is 0.131. The van der Waals surface area contributed by atoms with Crippen molar-refractivity contribution in [3.8, 4) is 55.6 Å². The highest BCUT2D eigenvalue weighted by molar-refractivity contribution is 5.98. The molecule has 0 saturated heterocycles. The third-order valence-electron chi connectivity index (χ3n) is 15.9. The van der Waals surface area contributed by atoms with E-state index in [4.69, 9.17) is 0 Å². The summed E-state index contributed by atoms with van der Waals surface area (Å²) in [6.07, 6.45) is 10.9. The summed E-state index contributed by atoms with van der Waals surface area (Å²) in [5, 5.41) is 0.